The highest BCUT2D eigenvalue weighted by molar-refractivity contribution is 6.33. The van der Waals surface area contributed by atoms with Crippen LogP contribution in [0.2, 0.25) is 5.02 Å². The Balaban J connectivity index is 2.24. The van der Waals surface area contributed by atoms with Gasteiger partial charge in [-0.05, 0) is 19.1 Å². The van der Waals surface area contributed by atoms with E-state index in [1.807, 2.05) is 0 Å². The van der Waals surface area contributed by atoms with E-state index in [1.54, 1.807) is 0 Å². The van der Waals surface area contributed by atoms with E-state index in [-0.39, 0.29) is 22.0 Å². The average molecular weight is 341 g/mol. The molecule has 2 aromatic rings. The van der Waals surface area contributed by atoms with Crippen molar-refractivity contribution in [3.8, 4) is 0 Å². The predicted octanol–water partition coefficient (Wildman–Crippen LogP) is 2.62. The van der Waals surface area contributed by atoms with Crippen LogP contribution < -0.4 is 0 Å². The Labute approximate surface area is 134 Å². The molecule has 120 valence electrons. The van der Waals surface area contributed by atoms with E-state index in [0.717, 1.165) is 17.0 Å². The van der Waals surface area contributed by atoms with Crippen LogP contribution in [0.15, 0.2) is 23.4 Å². The molecule has 0 atom stereocenters. The summed E-state index contributed by atoms with van der Waals surface area (Å²) < 4.78 is 14.5. The van der Waals surface area contributed by atoms with Gasteiger partial charge in [-0.1, -0.05) is 22.8 Å². The van der Waals surface area contributed by atoms with E-state index in [4.69, 9.17) is 11.6 Å². The lowest BCUT2D eigenvalue weighted by atomic mass is 10.2. The second kappa shape index (κ2) is 6.53. The fourth-order valence-electron chi connectivity index (χ4n) is 1.90. The third kappa shape index (κ3) is 3.34. The minimum absolute atomic E-state index is 0.0607. The van der Waals surface area contributed by atoms with Crippen molar-refractivity contribution in [3.63, 3.8) is 0 Å². The maximum absolute atomic E-state index is 13.5. The Hall–Kier alpha value is -2.81. The molecule has 1 aromatic carbocycles. The summed E-state index contributed by atoms with van der Waals surface area (Å²) in [6, 6.07) is 4.00. The van der Waals surface area contributed by atoms with E-state index >= 15 is 0 Å². The van der Waals surface area contributed by atoms with Gasteiger partial charge in [0.25, 0.3) is 0 Å². The molecule has 1 heterocycles. The zero-order valence-corrected chi connectivity index (χ0v) is 12.7. The quantitative estimate of drug-likeness (QED) is 0.368. The van der Waals surface area contributed by atoms with Gasteiger partial charge in [-0.15, -0.1) is 0 Å². The van der Waals surface area contributed by atoms with Crippen molar-refractivity contribution in [2.45, 2.75) is 6.92 Å². The van der Waals surface area contributed by atoms with Crippen LogP contribution in [0.25, 0.3) is 0 Å². The Kier molecular flexibility index (Phi) is 4.70. The highest BCUT2D eigenvalue weighted by Gasteiger charge is 2.30. The number of hydrogen-bond acceptors (Lipinski definition) is 6. The van der Waals surface area contributed by atoms with E-state index in [1.165, 1.54) is 26.1 Å². The largest absolute Gasteiger partial charge is 0.390 e. The van der Waals surface area contributed by atoms with Gasteiger partial charge in [0.05, 0.1) is 21.7 Å². The Morgan fingerprint density at radius 1 is 1.57 bits per heavy atom. The summed E-state index contributed by atoms with van der Waals surface area (Å²) in [5.74, 6) is -1.75. The molecule has 0 aliphatic heterocycles. The van der Waals surface area contributed by atoms with Crippen molar-refractivity contribution in [2.75, 3.05) is 0 Å². The van der Waals surface area contributed by atoms with E-state index in [2.05, 4.69) is 15.1 Å². The molecular weight excluding hydrogens is 331 g/mol. The molecule has 0 aliphatic rings. The third-order valence-electron chi connectivity index (χ3n) is 2.88. The Morgan fingerprint density at radius 3 is 2.87 bits per heavy atom. The molecule has 0 N–H and O–H groups in total. The van der Waals surface area contributed by atoms with E-state index < -0.39 is 22.4 Å². The first-order valence-corrected chi connectivity index (χ1v) is 6.57. The summed E-state index contributed by atoms with van der Waals surface area (Å²) in [6.45, 7) is 1.39. The van der Waals surface area contributed by atoms with E-state index in [9.17, 15) is 19.3 Å². The number of carbonyl (C=O) groups excluding carboxylic acids is 1. The second-order valence-electron chi connectivity index (χ2n) is 4.41. The number of rotatable bonds is 4. The first-order chi connectivity index (χ1) is 10.8. The van der Waals surface area contributed by atoms with Gasteiger partial charge in [0.2, 0.25) is 5.69 Å². The fraction of sp³-hybridized carbons (Fsp3) is 0.154. The van der Waals surface area contributed by atoms with Crippen LogP contribution in [0.1, 0.15) is 21.7 Å². The summed E-state index contributed by atoms with van der Waals surface area (Å²) in [6.07, 6.45) is 0.907. The lowest BCUT2D eigenvalue weighted by Gasteiger charge is -2.00. The minimum atomic E-state index is -1.09. The molecule has 0 unspecified atom stereocenters. The number of hydrogen-bond donors (Lipinski definition) is 0. The molecule has 0 fully saturated rings. The summed E-state index contributed by atoms with van der Waals surface area (Å²) in [5.41, 5.74) is -0.857. The number of benzene rings is 1. The normalized spacial score (nSPS) is 11.0. The van der Waals surface area contributed by atoms with Crippen LogP contribution >= 0.6 is 11.6 Å². The number of carbonyl (C=O) groups is 1. The van der Waals surface area contributed by atoms with Gasteiger partial charge in [-0.3, -0.25) is 14.8 Å². The highest BCUT2D eigenvalue weighted by Crippen LogP contribution is 2.23. The molecule has 0 saturated carbocycles. The summed E-state index contributed by atoms with van der Waals surface area (Å²) >= 11 is 5.78. The average Bonchev–Trinajstić information content (AvgIpc) is 2.76. The number of halogens is 2. The lowest BCUT2D eigenvalue weighted by Crippen LogP contribution is -2.10. The molecule has 0 radical (unpaired) electrons. The maximum Gasteiger partial charge on any atom is 0.390 e. The van der Waals surface area contributed by atoms with Crippen molar-refractivity contribution in [1.29, 1.82) is 0 Å². The van der Waals surface area contributed by atoms with Crippen LogP contribution in [0, 0.1) is 22.9 Å². The molecule has 0 amide bonds. The predicted molar refractivity (Wildman–Crippen MR) is 79.0 cm³/mol. The zero-order valence-electron chi connectivity index (χ0n) is 12.0. The SMILES string of the molecule is Cc1nn(C)c(C(=O)ON=Cc2c(F)cccc2Cl)c1[N+](=O)[O-]. The van der Waals surface area contributed by atoms with E-state index in [0.29, 0.717) is 0 Å². The van der Waals surface area contributed by atoms with Gasteiger partial charge in [0.1, 0.15) is 11.5 Å². The van der Waals surface area contributed by atoms with Gasteiger partial charge < -0.3 is 4.84 Å². The van der Waals surface area contributed by atoms with Crippen molar-refractivity contribution in [2.24, 2.45) is 12.2 Å². The number of nitro groups is 1. The first-order valence-electron chi connectivity index (χ1n) is 6.19. The summed E-state index contributed by atoms with van der Waals surface area (Å²) in [5, 5.41) is 18.2. The van der Waals surface area contributed by atoms with Crippen molar-refractivity contribution < 1.29 is 18.9 Å². The minimum Gasteiger partial charge on any atom is -0.311 e. The van der Waals surface area contributed by atoms with Crippen molar-refractivity contribution in [1.82, 2.24) is 9.78 Å². The van der Waals surface area contributed by atoms with Crippen LogP contribution in [-0.4, -0.2) is 26.9 Å². The van der Waals surface area contributed by atoms with Gasteiger partial charge in [-0.25, -0.2) is 9.18 Å². The molecule has 2 rings (SSSR count). The van der Waals surface area contributed by atoms with Gasteiger partial charge >= 0.3 is 11.7 Å². The number of aryl methyl sites for hydroxylation is 2. The number of aromatic nitrogens is 2. The molecular formula is C13H10ClFN4O4. The zero-order chi connectivity index (χ0) is 17.1. The highest BCUT2D eigenvalue weighted by atomic mass is 35.5. The van der Waals surface area contributed by atoms with Crippen LogP contribution in [-0.2, 0) is 11.9 Å². The van der Waals surface area contributed by atoms with Crippen molar-refractivity contribution in [3.05, 3.63) is 56.1 Å². The van der Waals surface area contributed by atoms with Crippen LogP contribution in [0.4, 0.5) is 10.1 Å². The number of oxime groups is 1. The van der Waals surface area contributed by atoms with Crippen LogP contribution in [0.3, 0.4) is 0 Å². The third-order valence-corrected chi connectivity index (χ3v) is 3.21. The molecule has 8 nitrogen and oxygen atoms in total. The first kappa shape index (κ1) is 16.6. The smallest absolute Gasteiger partial charge is 0.311 e. The Bertz CT molecular complexity index is 798. The molecule has 0 aliphatic carbocycles. The molecule has 10 heteroatoms. The van der Waals surface area contributed by atoms with Gasteiger partial charge in [0.15, 0.2) is 0 Å². The van der Waals surface area contributed by atoms with Crippen molar-refractivity contribution >= 4 is 29.5 Å². The second-order valence-corrected chi connectivity index (χ2v) is 4.82. The number of nitrogens with zero attached hydrogens (tertiary/aromatic N) is 4. The molecule has 0 saturated heterocycles. The summed E-state index contributed by atoms with van der Waals surface area (Å²) in [7, 11) is 1.36. The standard InChI is InChI=1S/C13H10ClFN4O4/c1-7-11(19(21)22)12(18(2)17-7)13(20)23-16-6-8-9(14)4-3-5-10(8)15/h3-6H,1-2H3. The lowest BCUT2D eigenvalue weighted by molar-refractivity contribution is -0.385. The van der Waals surface area contributed by atoms with Gasteiger partial charge in [-0.2, -0.15) is 5.10 Å². The van der Waals surface area contributed by atoms with Crippen LogP contribution in [0.5, 0.6) is 0 Å². The monoisotopic (exact) mass is 340 g/mol. The maximum atomic E-state index is 13.5. The molecule has 0 bridgehead atoms. The summed E-state index contributed by atoms with van der Waals surface area (Å²) in [4.78, 5) is 26.7. The molecule has 1 aromatic heterocycles. The van der Waals surface area contributed by atoms with Gasteiger partial charge in [0, 0.05) is 7.05 Å². The topological polar surface area (TPSA) is 99.6 Å². The molecule has 0 spiro atoms. The Morgan fingerprint density at radius 2 is 2.26 bits per heavy atom. The molecule has 23 heavy (non-hydrogen) atoms. The fourth-order valence-corrected chi connectivity index (χ4v) is 2.11.